The van der Waals surface area contributed by atoms with E-state index in [1.54, 1.807) is 69.3 Å². The highest BCUT2D eigenvalue weighted by Crippen LogP contribution is 2.29. The van der Waals surface area contributed by atoms with Crippen LogP contribution in [0.15, 0.2) is 53.4 Å². The lowest BCUT2D eigenvalue weighted by Crippen LogP contribution is -2.42. The third kappa shape index (κ3) is 5.42. The van der Waals surface area contributed by atoms with Crippen LogP contribution in [-0.4, -0.2) is 48.6 Å². The Kier molecular flexibility index (Phi) is 6.38. The molecule has 166 valence electrons. The van der Waals surface area contributed by atoms with Crippen molar-refractivity contribution >= 4 is 27.7 Å². The molecule has 0 aromatic heterocycles. The van der Waals surface area contributed by atoms with Gasteiger partial charge >= 0.3 is 6.09 Å². The number of nitrogens with one attached hydrogen (secondary N) is 2. The molecular weight excluding hydrogens is 418 g/mol. The number of hydrogen-bond acceptors (Lipinski definition) is 4. The van der Waals surface area contributed by atoms with Crippen LogP contribution in [0.5, 0.6) is 0 Å². The zero-order chi connectivity index (χ0) is 22.8. The Morgan fingerprint density at radius 3 is 2.32 bits per heavy atom. The second-order valence-electron chi connectivity index (χ2n) is 8.55. The minimum atomic E-state index is -3.73. The van der Waals surface area contributed by atoms with Crippen LogP contribution in [0.4, 0.5) is 10.5 Å². The lowest BCUT2D eigenvalue weighted by atomic mass is 10.1. The van der Waals surface area contributed by atoms with Gasteiger partial charge in [-0.2, -0.15) is 0 Å². The zero-order valence-electron chi connectivity index (χ0n) is 17.8. The van der Waals surface area contributed by atoms with Gasteiger partial charge in [-0.05, 0) is 57.4 Å². The molecule has 1 aliphatic heterocycles. The molecule has 1 saturated heterocycles. The molecular formula is C22H27N3O5S. The molecule has 1 aliphatic rings. The highest BCUT2D eigenvalue weighted by Gasteiger charge is 2.34. The van der Waals surface area contributed by atoms with Crippen molar-refractivity contribution in [3.63, 3.8) is 0 Å². The van der Waals surface area contributed by atoms with Crippen LogP contribution < -0.4 is 10.0 Å². The van der Waals surface area contributed by atoms with Gasteiger partial charge in [-0.15, -0.1) is 0 Å². The third-order valence-corrected chi connectivity index (χ3v) is 6.70. The second-order valence-corrected chi connectivity index (χ2v) is 10.2. The number of rotatable bonds is 5. The first-order valence-corrected chi connectivity index (χ1v) is 11.5. The number of sulfonamides is 1. The first-order valence-electron chi connectivity index (χ1n) is 10.0. The topological polar surface area (TPSA) is 116 Å². The fraction of sp³-hybridized carbons (Fsp3) is 0.364. The largest absolute Gasteiger partial charge is 0.465 e. The highest BCUT2D eigenvalue weighted by molar-refractivity contribution is 7.89. The van der Waals surface area contributed by atoms with E-state index < -0.39 is 27.7 Å². The predicted molar refractivity (Wildman–Crippen MR) is 118 cm³/mol. The number of nitrogens with zero attached hydrogens (tertiary/aromatic N) is 1. The number of amides is 2. The van der Waals surface area contributed by atoms with E-state index in [9.17, 15) is 23.1 Å². The Balaban J connectivity index is 1.81. The summed E-state index contributed by atoms with van der Waals surface area (Å²) >= 11 is 0. The summed E-state index contributed by atoms with van der Waals surface area (Å²) in [7, 11) is -3.73. The monoisotopic (exact) mass is 445 g/mol. The number of hydrogen-bond donors (Lipinski definition) is 3. The number of benzene rings is 2. The number of carbonyl (C=O) groups excluding carboxylic acids is 1. The number of carbonyl (C=O) groups is 2. The zero-order valence-corrected chi connectivity index (χ0v) is 18.6. The van der Waals surface area contributed by atoms with Crippen molar-refractivity contribution in [3.05, 3.63) is 48.5 Å². The summed E-state index contributed by atoms with van der Waals surface area (Å²) in [4.78, 5) is 25.1. The molecule has 2 amide bonds. The molecule has 0 saturated carbocycles. The lowest BCUT2D eigenvalue weighted by molar-refractivity contribution is -0.119. The Morgan fingerprint density at radius 1 is 1.06 bits per heavy atom. The van der Waals surface area contributed by atoms with Crippen molar-refractivity contribution in [1.29, 1.82) is 0 Å². The predicted octanol–water partition coefficient (Wildman–Crippen LogP) is 3.51. The minimum absolute atomic E-state index is 0.171. The van der Waals surface area contributed by atoms with Crippen LogP contribution in [0.2, 0.25) is 0 Å². The Labute approximate surface area is 182 Å². The fourth-order valence-corrected chi connectivity index (χ4v) is 5.27. The SMILES string of the molecule is CC(C)(C)NS(=O)(=O)c1ccccc1-c1ccc(NC(=O)C2CCCN2C(=O)O)cc1. The molecule has 0 aliphatic carbocycles. The van der Waals surface area contributed by atoms with Crippen molar-refractivity contribution in [2.75, 3.05) is 11.9 Å². The normalized spacial score (nSPS) is 16.9. The number of anilines is 1. The molecule has 1 heterocycles. The third-order valence-electron chi connectivity index (χ3n) is 4.88. The van der Waals surface area contributed by atoms with E-state index in [4.69, 9.17) is 0 Å². The summed E-state index contributed by atoms with van der Waals surface area (Å²) in [6.07, 6.45) is 0.0362. The molecule has 1 fully saturated rings. The van der Waals surface area contributed by atoms with Gasteiger partial charge in [0.15, 0.2) is 0 Å². The van der Waals surface area contributed by atoms with Gasteiger partial charge in [-0.3, -0.25) is 9.69 Å². The van der Waals surface area contributed by atoms with Gasteiger partial charge in [-0.25, -0.2) is 17.9 Å². The summed E-state index contributed by atoms with van der Waals surface area (Å²) in [5, 5.41) is 12.0. The molecule has 1 atom stereocenters. The van der Waals surface area contributed by atoms with E-state index in [0.29, 0.717) is 36.2 Å². The second kappa shape index (κ2) is 8.68. The summed E-state index contributed by atoms with van der Waals surface area (Å²) in [5.41, 5.74) is 1.12. The van der Waals surface area contributed by atoms with Crippen molar-refractivity contribution in [1.82, 2.24) is 9.62 Å². The van der Waals surface area contributed by atoms with Crippen LogP contribution in [0.25, 0.3) is 11.1 Å². The van der Waals surface area contributed by atoms with Gasteiger partial charge in [-0.1, -0.05) is 30.3 Å². The van der Waals surface area contributed by atoms with Gasteiger partial charge in [0.2, 0.25) is 15.9 Å². The van der Waals surface area contributed by atoms with Crippen LogP contribution in [0.1, 0.15) is 33.6 Å². The quantitative estimate of drug-likeness (QED) is 0.651. The highest BCUT2D eigenvalue weighted by atomic mass is 32.2. The number of likely N-dealkylation sites (tertiary alicyclic amines) is 1. The Bertz CT molecular complexity index is 1080. The smallest absolute Gasteiger partial charge is 0.407 e. The molecule has 0 bridgehead atoms. The molecule has 31 heavy (non-hydrogen) atoms. The van der Waals surface area contributed by atoms with E-state index in [1.807, 2.05) is 0 Å². The summed E-state index contributed by atoms with van der Waals surface area (Å²) in [6, 6.07) is 12.8. The Hall–Kier alpha value is -2.91. The summed E-state index contributed by atoms with van der Waals surface area (Å²) in [6.45, 7) is 5.68. The summed E-state index contributed by atoms with van der Waals surface area (Å²) in [5.74, 6) is -0.370. The molecule has 9 heteroatoms. The van der Waals surface area contributed by atoms with Crippen LogP contribution in [0, 0.1) is 0 Å². The lowest BCUT2D eigenvalue weighted by Gasteiger charge is -2.22. The molecule has 3 N–H and O–H groups in total. The molecule has 2 aromatic carbocycles. The average Bonchev–Trinajstić information content (AvgIpc) is 3.17. The average molecular weight is 446 g/mol. The van der Waals surface area contributed by atoms with E-state index in [2.05, 4.69) is 10.0 Å². The van der Waals surface area contributed by atoms with Crippen molar-refractivity contribution in [3.8, 4) is 11.1 Å². The first kappa shape index (κ1) is 22.8. The van der Waals surface area contributed by atoms with Crippen molar-refractivity contribution < 1.29 is 23.1 Å². The van der Waals surface area contributed by atoms with E-state index >= 15 is 0 Å². The van der Waals surface area contributed by atoms with E-state index in [1.165, 1.54) is 0 Å². The van der Waals surface area contributed by atoms with Gasteiger partial charge < -0.3 is 10.4 Å². The van der Waals surface area contributed by atoms with Gasteiger partial charge in [0.1, 0.15) is 6.04 Å². The molecule has 1 unspecified atom stereocenters. The van der Waals surface area contributed by atoms with E-state index in [-0.39, 0.29) is 10.8 Å². The maximum absolute atomic E-state index is 12.9. The molecule has 8 nitrogen and oxygen atoms in total. The molecule has 0 spiro atoms. The van der Waals surface area contributed by atoms with E-state index in [0.717, 1.165) is 4.90 Å². The van der Waals surface area contributed by atoms with Crippen LogP contribution in [-0.2, 0) is 14.8 Å². The maximum atomic E-state index is 12.9. The van der Waals surface area contributed by atoms with Crippen LogP contribution >= 0.6 is 0 Å². The maximum Gasteiger partial charge on any atom is 0.407 e. The van der Waals surface area contributed by atoms with Crippen molar-refractivity contribution in [2.45, 2.75) is 50.1 Å². The van der Waals surface area contributed by atoms with Crippen LogP contribution in [0.3, 0.4) is 0 Å². The number of carboxylic acid groups (broad SMARTS) is 1. The van der Waals surface area contributed by atoms with Gasteiger partial charge in [0.25, 0.3) is 0 Å². The van der Waals surface area contributed by atoms with Crippen molar-refractivity contribution in [2.24, 2.45) is 0 Å². The van der Waals surface area contributed by atoms with Gasteiger partial charge in [0.05, 0.1) is 4.90 Å². The molecule has 2 aromatic rings. The first-order chi connectivity index (χ1) is 14.5. The standard InChI is InChI=1S/C22H27N3O5S/c1-22(2,3)24-31(29,30)19-9-5-4-7-17(19)15-10-12-16(13-11-15)23-20(26)18-8-6-14-25(18)21(27)28/h4-5,7,9-13,18,24H,6,8,14H2,1-3H3,(H,23,26)(H,27,28). The molecule has 0 radical (unpaired) electrons. The summed E-state index contributed by atoms with van der Waals surface area (Å²) < 4.78 is 28.4. The minimum Gasteiger partial charge on any atom is -0.465 e. The Morgan fingerprint density at radius 2 is 1.71 bits per heavy atom. The van der Waals surface area contributed by atoms with Gasteiger partial charge in [0, 0.05) is 23.3 Å². The molecule has 3 rings (SSSR count). The fourth-order valence-electron chi connectivity index (χ4n) is 3.62.